The smallest absolute Gasteiger partial charge is 0.271 e. The molecule has 0 aliphatic carbocycles. The number of hydrogen-bond donors (Lipinski definition) is 5. The summed E-state index contributed by atoms with van der Waals surface area (Å²) >= 11 is 0. The number of nitrogens with one attached hydrogen (secondary N) is 5. The van der Waals surface area contributed by atoms with Gasteiger partial charge in [0.1, 0.15) is 0 Å². The molecule has 0 spiro atoms. The van der Waals surface area contributed by atoms with Gasteiger partial charge in [-0.05, 0) is 31.5 Å². The lowest BCUT2D eigenvalue weighted by molar-refractivity contribution is -0.384. The highest BCUT2D eigenvalue weighted by molar-refractivity contribution is 6.00. The zero-order chi connectivity index (χ0) is 23.7. The van der Waals surface area contributed by atoms with Gasteiger partial charge in [0, 0.05) is 24.2 Å². The molecule has 11 heteroatoms. The van der Waals surface area contributed by atoms with E-state index in [2.05, 4.69) is 26.6 Å². The fourth-order valence-corrected chi connectivity index (χ4v) is 4.05. The quantitative estimate of drug-likeness (QED) is 0.339. The third-order valence-electron chi connectivity index (χ3n) is 5.84. The molecule has 4 atom stereocenters. The largest absolute Gasteiger partial charge is 0.353 e. The first-order valence-electron chi connectivity index (χ1n) is 10.5. The maximum atomic E-state index is 13.1. The number of amides is 3. The monoisotopic (exact) mass is 452 g/mol. The Hall–Kier alpha value is -3.99. The molecule has 2 aliphatic rings. The van der Waals surface area contributed by atoms with Gasteiger partial charge in [0.25, 0.3) is 5.69 Å². The first-order chi connectivity index (χ1) is 15.7. The summed E-state index contributed by atoms with van der Waals surface area (Å²) < 4.78 is 0. The second-order valence-corrected chi connectivity index (χ2v) is 8.25. The molecule has 5 N–H and O–H groups in total. The highest BCUT2D eigenvalue weighted by Gasteiger charge is 2.48. The minimum Gasteiger partial charge on any atom is -0.353 e. The van der Waals surface area contributed by atoms with E-state index in [1.165, 1.54) is 18.2 Å². The van der Waals surface area contributed by atoms with E-state index in [0.717, 1.165) is 11.3 Å². The molecule has 4 rings (SSSR count). The Kier molecular flexibility index (Phi) is 5.97. The molecule has 33 heavy (non-hydrogen) atoms. The van der Waals surface area contributed by atoms with Crippen molar-refractivity contribution in [2.75, 3.05) is 10.6 Å². The second-order valence-electron chi connectivity index (χ2n) is 8.25. The van der Waals surface area contributed by atoms with Crippen molar-refractivity contribution < 1.29 is 19.3 Å². The molecule has 4 unspecified atom stereocenters. The van der Waals surface area contributed by atoms with Crippen molar-refractivity contribution in [2.45, 2.75) is 32.7 Å². The Morgan fingerprint density at radius 2 is 1.82 bits per heavy atom. The molecule has 2 aromatic carbocycles. The number of nitro groups is 1. The number of carbonyl (C=O) groups is 3. The van der Waals surface area contributed by atoms with E-state index in [1.807, 2.05) is 31.2 Å². The lowest BCUT2D eigenvalue weighted by Gasteiger charge is -2.43. The van der Waals surface area contributed by atoms with Gasteiger partial charge in [0.05, 0.1) is 28.6 Å². The zero-order valence-corrected chi connectivity index (χ0v) is 18.0. The SMILES string of the molecule is Cc1ccc(NC2NC(=O)C3C(NC(=O)CC3C(=O)Nc3cc([N+](=O)[O-])ccc3C)N2)cc1. The third-order valence-corrected chi connectivity index (χ3v) is 5.84. The average molecular weight is 452 g/mol. The molecule has 0 saturated carbocycles. The predicted molar refractivity (Wildman–Crippen MR) is 120 cm³/mol. The minimum atomic E-state index is -0.949. The highest BCUT2D eigenvalue weighted by atomic mass is 16.6. The topological polar surface area (TPSA) is 154 Å². The van der Waals surface area contributed by atoms with Gasteiger partial charge in [-0.1, -0.05) is 23.8 Å². The number of hydrogen-bond acceptors (Lipinski definition) is 7. The Morgan fingerprint density at radius 3 is 2.52 bits per heavy atom. The van der Waals surface area contributed by atoms with E-state index >= 15 is 0 Å². The van der Waals surface area contributed by atoms with Crippen LogP contribution < -0.4 is 26.6 Å². The van der Waals surface area contributed by atoms with Crippen LogP contribution in [0.1, 0.15) is 17.5 Å². The summed E-state index contributed by atoms with van der Waals surface area (Å²) in [7, 11) is 0. The summed E-state index contributed by atoms with van der Waals surface area (Å²) in [5.41, 5.74) is 2.58. The van der Waals surface area contributed by atoms with E-state index in [0.29, 0.717) is 5.56 Å². The highest BCUT2D eigenvalue weighted by Crippen LogP contribution is 2.29. The Bertz CT molecular complexity index is 1120. The number of piperidine rings is 1. The number of carbonyl (C=O) groups excluding carboxylic acids is 3. The van der Waals surface area contributed by atoms with Crippen LogP contribution in [-0.2, 0) is 14.4 Å². The van der Waals surface area contributed by atoms with Crippen molar-refractivity contribution in [3.05, 3.63) is 63.7 Å². The number of aryl methyl sites for hydroxylation is 2. The standard InChI is InChI=1S/C22H24N6O5/c1-11-3-6-13(7-4-11)23-22-26-19-18(21(31)27-22)15(10-17(29)25-19)20(30)24-16-9-14(28(32)33)8-5-12(16)2/h3-9,15,18-19,22-23,26H,10H2,1-2H3,(H,24,30)(H,25,29)(H,27,31). The molecule has 11 nitrogen and oxygen atoms in total. The molecule has 3 amide bonds. The van der Waals surface area contributed by atoms with Crippen LogP contribution in [0.15, 0.2) is 42.5 Å². The maximum Gasteiger partial charge on any atom is 0.271 e. The third kappa shape index (κ3) is 4.77. The van der Waals surface area contributed by atoms with Gasteiger partial charge in [0.15, 0.2) is 6.29 Å². The Morgan fingerprint density at radius 1 is 1.09 bits per heavy atom. The number of rotatable bonds is 5. The molecule has 0 aromatic heterocycles. The number of anilines is 2. The Balaban J connectivity index is 1.50. The molecule has 2 fully saturated rings. The molecular formula is C22H24N6O5. The second kappa shape index (κ2) is 8.87. The maximum absolute atomic E-state index is 13.1. The van der Waals surface area contributed by atoms with E-state index in [1.54, 1.807) is 6.92 Å². The fourth-order valence-electron chi connectivity index (χ4n) is 4.05. The van der Waals surface area contributed by atoms with Crippen LogP contribution in [0.3, 0.4) is 0 Å². The lowest BCUT2D eigenvalue weighted by atomic mass is 9.81. The van der Waals surface area contributed by atoms with E-state index in [4.69, 9.17) is 0 Å². The van der Waals surface area contributed by atoms with Crippen molar-refractivity contribution in [1.82, 2.24) is 16.0 Å². The van der Waals surface area contributed by atoms with Crippen LogP contribution in [0.5, 0.6) is 0 Å². The number of fused-ring (bicyclic) bond motifs is 1. The molecular weight excluding hydrogens is 428 g/mol. The van der Waals surface area contributed by atoms with Crippen molar-refractivity contribution in [2.24, 2.45) is 11.8 Å². The predicted octanol–water partition coefficient (Wildman–Crippen LogP) is 1.34. The molecule has 2 heterocycles. The first kappa shape index (κ1) is 22.2. The van der Waals surface area contributed by atoms with Gasteiger partial charge in [-0.25, -0.2) is 0 Å². The number of non-ortho nitro benzene ring substituents is 1. The number of benzene rings is 2. The van der Waals surface area contributed by atoms with Gasteiger partial charge in [-0.3, -0.25) is 29.8 Å². The summed E-state index contributed by atoms with van der Waals surface area (Å²) in [4.78, 5) is 48.9. The minimum absolute atomic E-state index is 0.169. The van der Waals surface area contributed by atoms with Crippen LogP contribution in [0.2, 0.25) is 0 Å². The van der Waals surface area contributed by atoms with Gasteiger partial charge < -0.3 is 21.3 Å². The molecule has 2 aliphatic heterocycles. The van der Waals surface area contributed by atoms with Crippen LogP contribution >= 0.6 is 0 Å². The van der Waals surface area contributed by atoms with Gasteiger partial charge >= 0.3 is 0 Å². The summed E-state index contributed by atoms with van der Waals surface area (Å²) in [6, 6.07) is 11.7. The molecule has 2 aromatic rings. The van der Waals surface area contributed by atoms with Crippen molar-refractivity contribution in [1.29, 1.82) is 0 Å². The van der Waals surface area contributed by atoms with Gasteiger partial charge in [-0.2, -0.15) is 0 Å². The Labute approximate surface area is 189 Å². The van der Waals surface area contributed by atoms with Crippen LogP contribution in [-0.4, -0.2) is 35.1 Å². The normalized spacial score (nSPS) is 24.2. The van der Waals surface area contributed by atoms with Crippen molar-refractivity contribution in [3.63, 3.8) is 0 Å². The van der Waals surface area contributed by atoms with E-state index < -0.39 is 35.1 Å². The fraction of sp³-hybridized carbons (Fsp3) is 0.318. The summed E-state index contributed by atoms with van der Waals surface area (Å²) in [5.74, 6) is -3.11. The van der Waals surface area contributed by atoms with E-state index in [-0.39, 0.29) is 29.6 Å². The molecule has 0 radical (unpaired) electrons. The molecule has 0 bridgehead atoms. The van der Waals surface area contributed by atoms with Gasteiger partial charge in [0.2, 0.25) is 17.7 Å². The van der Waals surface area contributed by atoms with Crippen molar-refractivity contribution >= 4 is 34.8 Å². The first-order valence-corrected chi connectivity index (χ1v) is 10.5. The molecule has 172 valence electrons. The van der Waals surface area contributed by atoms with Crippen LogP contribution in [0, 0.1) is 35.8 Å². The van der Waals surface area contributed by atoms with Crippen LogP contribution in [0.25, 0.3) is 0 Å². The summed E-state index contributed by atoms with van der Waals surface area (Å²) in [6.07, 6.45) is -1.58. The average Bonchev–Trinajstić information content (AvgIpc) is 2.75. The van der Waals surface area contributed by atoms with Crippen LogP contribution in [0.4, 0.5) is 17.1 Å². The zero-order valence-electron chi connectivity index (χ0n) is 18.0. The lowest BCUT2D eigenvalue weighted by Crippen LogP contribution is -2.72. The number of nitrogens with zero attached hydrogens (tertiary/aromatic N) is 1. The number of nitro benzene ring substituents is 1. The summed E-state index contributed by atoms with van der Waals surface area (Å²) in [5, 5.41) is 25.5. The van der Waals surface area contributed by atoms with E-state index in [9.17, 15) is 24.5 Å². The molecule has 2 saturated heterocycles. The van der Waals surface area contributed by atoms with Gasteiger partial charge in [-0.15, -0.1) is 0 Å². The van der Waals surface area contributed by atoms with Crippen molar-refractivity contribution in [3.8, 4) is 0 Å². The summed E-state index contributed by atoms with van der Waals surface area (Å²) in [6.45, 7) is 3.67.